The maximum absolute atomic E-state index is 13.4. The number of thioether (sulfide) groups is 1. The summed E-state index contributed by atoms with van der Waals surface area (Å²) in [5.41, 5.74) is 2.60. The van der Waals surface area contributed by atoms with Gasteiger partial charge in [-0.25, -0.2) is 4.18 Å². The average Bonchev–Trinajstić information content (AvgIpc) is 3.01. The minimum atomic E-state index is -2.38. The Morgan fingerprint density at radius 2 is 1.60 bits per heavy atom. The number of ketones is 2. The maximum Gasteiger partial charge on any atom is 0.362 e. The number of carbonyl (C=O) groups is 2. The number of rotatable bonds is 6. The Hall–Kier alpha value is -2.74. The summed E-state index contributed by atoms with van der Waals surface area (Å²) in [4.78, 5) is 25.3. The van der Waals surface area contributed by atoms with Gasteiger partial charge in [0.1, 0.15) is 5.75 Å². The highest BCUT2D eigenvalue weighted by Crippen LogP contribution is 2.48. The molecule has 0 spiro atoms. The van der Waals surface area contributed by atoms with Crippen LogP contribution in [0.2, 0.25) is 0 Å². The van der Waals surface area contributed by atoms with Crippen LogP contribution in [0.15, 0.2) is 77.7 Å². The highest BCUT2D eigenvalue weighted by atomic mass is 32.2. The first-order valence-electron chi connectivity index (χ1n) is 9.19. The Bertz CT molecular complexity index is 1140. The van der Waals surface area contributed by atoms with Crippen LogP contribution in [0.3, 0.4) is 0 Å². The lowest BCUT2D eigenvalue weighted by Gasteiger charge is -2.23. The molecule has 0 saturated carbocycles. The van der Waals surface area contributed by atoms with E-state index in [0.717, 1.165) is 22.9 Å². The van der Waals surface area contributed by atoms with Crippen LogP contribution in [-0.4, -0.2) is 20.7 Å². The van der Waals surface area contributed by atoms with Gasteiger partial charge in [-0.05, 0) is 43.7 Å². The van der Waals surface area contributed by atoms with E-state index < -0.39 is 27.9 Å². The average molecular weight is 439 g/mol. The number of fused-ring (bicyclic) bond motifs is 1. The summed E-state index contributed by atoms with van der Waals surface area (Å²) in [5, 5.41) is 0. The zero-order valence-corrected chi connectivity index (χ0v) is 17.9. The van der Waals surface area contributed by atoms with Gasteiger partial charge >= 0.3 is 11.4 Å². The lowest BCUT2D eigenvalue weighted by Crippen LogP contribution is -2.44. The highest BCUT2D eigenvalue weighted by Gasteiger charge is 2.56. The van der Waals surface area contributed by atoms with E-state index in [1.165, 1.54) is 0 Å². The minimum Gasteiger partial charge on any atom is -0.380 e. The standard InChI is InChI=1S/C23H18O5S2/c1-15-8-11-18(12-9-15)27-30(26)28-23(21(24)17-6-4-3-5-7-17)22(25)19-13-10-16(2)14-20(19)29-23/h3-14H,1-2H3. The molecule has 4 rings (SSSR count). The molecule has 0 radical (unpaired) electrons. The summed E-state index contributed by atoms with van der Waals surface area (Å²) in [5.74, 6) is -0.810. The van der Waals surface area contributed by atoms with Crippen molar-refractivity contribution in [1.29, 1.82) is 0 Å². The smallest absolute Gasteiger partial charge is 0.362 e. The van der Waals surface area contributed by atoms with Gasteiger partial charge in [-0.2, -0.15) is 4.21 Å². The van der Waals surface area contributed by atoms with Gasteiger partial charge < -0.3 is 4.18 Å². The summed E-state index contributed by atoms with van der Waals surface area (Å²) >= 11 is -1.42. The third-order valence-corrected chi connectivity index (χ3v) is 6.76. The number of aryl methyl sites for hydroxylation is 2. The van der Waals surface area contributed by atoms with Crippen LogP contribution < -0.4 is 4.18 Å². The van der Waals surface area contributed by atoms with Crippen molar-refractivity contribution in [3.8, 4) is 5.75 Å². The largest absolute Gasteiger partial charge is 0.380 e. The Labute approximate surface area is 181 Å². The Morgan fingerprint density at radius 3 is 2.30 bits per heavy atom. The second-order valence-electron chi connectivity index (χ2n) is 6.93. The minimum absolute atomic E-state index is 0.287. The summed E-state index contributed by atoms with van der Waals surface area (Å²) in [6, 6.07) is 20.5. The zero-order chi connectivity index (χ0) is 21.3. The number of hydrogen-bond donors (Lipinski definition) is 0. The molecule has 0 saturated heterocycles. The fourth-order valence-corrected chi connectivity index (χ4v) is 5.27. The lowest BCUT2D eigenvalue weighted by atomic mass is 9.98. The van der Waals surface area contributed by atoms with Crippen LogP contribution in [0.5, 0.6) is 5.75 Å². The normalized spacial score (nSPS) is 18.7. The van der Waals surface area contributed by atoms with E-state index in [1.807, 2.05) is 19.9 Å². The lowest BCUT2D eigenvalue weighted by molar-refractivity contribution is 0.0625. The Balaban J connectivity index is 1.70. The van der Waals surface area contributed by atoms with Crippen LogP contribution in [0, 0.1) is 13.8 Å². The van der Waals surface area contributed by atoms with E-state index in [-0.39, 0.29) is 5.56 Å². The molecule has 7 heteroatoms. The van der Waals surface area contributed by atoms with E-state index >= 15 is 0 Å². The molecule has 0 amide bonds. The fraction of sp³-hybridized carbons (Fsp3) is 0.130. The molecule has 0 aliphatic carbocycles. The molecule has 5 nitrogen and oxygen atoms in total. The van der Waals surface area contributed by atoms with Gasteiger partial charge in [0.05, 0.1) is 0 Å². The molecule has 2 unspecified atom stereocenters. The molecule has 0 aromatic heterocycles. The molecule has 0 fully saturated rings. The van der Waals surface area contributed by atoms with Gasteiger partial charge in [-0.15, -0.1) is 0 Å². The first-order chi connectivity index (χ1) is 14.4. The monoisotopic (exact) mass is 438 g/mol. The quantitative estimate of drug-likeness (QED) is 0.405. The van der Waals surface area contributed by atoms with Crippen LogP contribution in [-0.2, 0) is 15.5 Å². The van der Waals surface area contributed by atoms with Crippen LogP contribution in [0.4, 0.5) is 0 Å². The SMILES string of the molecule is Cc1ccc(OS(=O)OC2(C(=O)c3ccccc3)Sc3cc(C)ccc3C2=O)cc1. The van der Waals surface area contributed by atoms with Crippen molar-refractivity contribution in [3.05, 3.63) is 95.1 Å². The summed E-state index contributed by atoms with van der Waals surface area (Å²) in [7, 11) is 0. The molecule has 1 heterocycles. The van der Waals surface area contributed by atoms with E-state index in [2.05, 4.69) is 0 Å². The maximum atomic E-state index is 13.4. The first kappa shape index (κ1) is 20.5. The first-order valence-corrected chi connectivity index (χ1v) is 11.0. The fourth-order valence-electron chi connectivity index (χ4n) is 3.09. The molecular weight excluding hydrogens is 420 g/mol. The second kappa shape index (κ2) is 8.18. The third-order valence-electron chi connectivity index (χ3n) is 4.64. The van der Waals surface area contributed by atoms with Crippen molar-refractivity contribution in [2.75, 3.05) is 0 Å². The van der Waals surface area contributed by atoms with Crippen molar-refractivity contribution >= 4 is 34.7 Å². The van der Waals surface area contributed by atoms with E-state index in [1.54, 1.807) is 66.7 Å². The third kappa shape index (κ3) is 3.84. The van der Waals surface area contributed by atoms with E-state index in [9.17, 15) is 13.8 Å². The van der Waals surface area contributed by atoms with Gasteiger partial charge in [0.25, 0.3) is 4.93 Å². The van der Waals surface area contributed by atoms with E-state index in [0.29, 0.717) is 16.2 Å². The van der Waals surface area contributed by atoms with Crippen molar-refractivity contribution in [3.63, 3.8) is 0 Å². The van der Waals surface area contributed by atoms with E-state index in [4.69, 9.17) is 8.37 Å². The Morgan fingerprint density at radius 1 is 0.933 bits per heavy atom. The summed E-state index contributed by atoms with van der Waals surface area (Å²) < 4.78 is 23.7. The molecule has 0 N–H and O–H groups in total. The van der Waals surface area contributed by atoms with Crippen LogP contribution >= 0.6 is 11.8 Å². The Kier molecular flexibility index (Phi) is 5.60. The molecular formula is C23H18O5S2. The molecule has 3 aromatic rings. The molecule has 152 valence electrons. The van der Waals surface area contributed by atoms with Crippen molar-refractivity contribution in [2.24, 2.45) is 0 Å². The van der Waals surface area contributed by atoms with Gasteiger partial charge in [-0.1, -0.05) is 65.9 Å². The summed E-state index contributed by atoms with van der Waals surface area (Å²) in [6.45, 7) is 3.81. The van der Waals surface area contributed by atoms with Crippen molar-refractivity contribution in [2.45, 2.75) is 23.7 Å². The van der Waals surface area contributed by atoms with Gasteiger partial charge in [0, 0.05) is 16.0 Å². The van der Waals surface area contributed by atoms with Crippen LogP contribution in [0.1, 0.15) is 31.8 Å². The highest BCUT2D eigenvalue weighted by molar-refractivity contribution is 8.03. The molecule has 1 aliphatic heterocycles. The zero-order valence-electron chi connectivity index (χ0n) is 16.3. The number of hydrogen-bond acceptors (Lipinski definition) is 6. The van der Waals surface area contributed by atoms with Gasteiger partial charge in [0.15, 0.2) is 0 Å². The predicted octanol–water partition coefficient (Wildman–Crippen LogP) is 4.85. The second-order valence-corrected chi connectivity index (χ2v) is 8.89. The molecule has 1 aliphatic rings. The molecule has 2 atom stereocenters. The topological polar surface area (TPSA) is 69.7 Å². The number of Topliss-reactive ketones (excluding diaryl/α,β-unsaturated/α-hetero) is 2. The predicted molar refractivity (Wildman–Crippen MR) is 116 cm³/mol. The van der Waals surface area contributed by atoms with Gasteiger partial charge in [-0.3, -0.25) is 9.59 Å². The molecule has 30 heavy (non-hydrogen) atoms. The molecule has 3 aromatic carbocycles. The number of benzene rings is 3. The number of carbonyl (C=O) groups excluding carboxylic acids is 2. The molecule has 0 bridgehead atoms. The van der Waals surface area contributed by atoms with Crippen molar-refractivity contribution < 1.29 is 22.2 Å². The van der Waals surface area contributed by atoms with Crippen molar-refractivity contribution in [1.82, 2.24) is 0 Å². The summed E-state index contributed by atoms with van der Waals surface area (Å²) in [6.07, 6.45) is 0. The van der Waals surface area contributed by atoms with Crippen LogP contribution in [0.25, 0.3) is 0 Å². The van der Waals surface area contributed by atoms with Gasteiger partial charge in [0.2, 0.25) is 11.6 Å².